The summed E-state index contributed by atoms with van der Waals surface area (Å²) in [6.07, 6.45) is 12.4. The lowest BCUT2D eigenvalue weighted by Crippen LogP contribution is -2.31. The van der Waals surface area contributed by atoms with E-state index in [-0.39, 0.29) is 5.91 Å². The van der Waals surface area contributed by atoms with Gasteiger partial charge in [-0.3, -0.25) is 10.0 Å². The minimum atomic E-state index is -0.195. The van der Waals surface area contributed by atoms with Crippen molar-refractivity contribution in [3.8, 4) is 0 Å². The summed E-state index contributed by atoms with van der Waals surface area (Å²) in [6, 6.07) is 0. The smallest absolute Gasteiger partial charge is 0.245 e. The number of carbonyl (C=O) groups excluding carboxylic acids is 1. The highest BCUT2D eigenvalue weighted by Gasteiger charge is 2.48. The lowest BCUT2D eigenvalue weighted by molar-refractivity contribution is -0.159. The van der Waals surface area contributed by atoms with Crippen LogP contribution in [-0.2, 0) is 14.3 Å². The molecule has 2 saturated heterocycles. The van der Waals surface area contributed by atoms with E-state index in [0.717, 1.165) is 37.7 Å². The molecule has 0 aromatic carbocycles. The minimum absolute atomic E-state index is 0.195. The number of carbonyl (C=O) groups is 1. The van der Waals surface area contributed by atoms with Crippen LogP contribution in [0.15, 0.2) is 0 Å². The average Bonchev–Trinajstić information content (AvgIpc) is 3.39. The largest absolute Gasteiger partial charge is 0.381 e. The molecule has 0 aromatic heterocycles. The summed E-state index contributed by atoms with van der Waals surface area (Å²) in [4.78, 5) is 11.3. The number of hydrogen-bond donors (Lipinski definition) is 1. The molecule has 0 unspecified atom stereocenters. The fourth-order valence-corrected chi connectivity index (χ4v) is 6.06. The first-order valence-electron chi connectivity index (χ1n) is 10.9. The second kappa shape index (κ2) is 11.0. The summed E-state index contributed by atoms with van der Waals surface area (Å²) in [5.74, 6) is 4.14. The summed E-state index contributed by atoms with van der Waals surface area (Å²) in [5.41, 5.74) is 0. The van der Waals surface area contributed by atoms with E-state index in [2.05, 4.69) is 0 Å². The molecule has 6 heteroatoms. The van der Waals surface area contributed by atoms with Gasteiger partial charge in [-0.2, -0.15) is 11.8 Å². The molecular weight excluding hydrogens is 362 g/mol. The molecule has 1 saturated carbocycles. The highest BCUT2D eigenvalue weighted by atomic mass is 32.2. The highest BCUT2D eigenvalue weighted by Crippen LogP contribution is 2.45. The van der Waals surface area contributed by atoms with Crippen molar-refractivity contribution in [2.75, 3.05) is 31.8 Å². The molecule has 1 aliphatic carbocycles. The van der Waals surface area contributed by atoms with Crippen LogP contribution in [0.3, 0.4) is 0 Å². The summed E-state index contributed by atoms with van der Waals surface area (Å²) in [5, 5.41) is 9.73. The molecule has 0 spiro atoms. The van der Waals surface area contributed by atoms with Gasteiger partial charge in [-0.15, -0.1) is 0 Å². The van der Waals surface area contributed by atoms with Crippen molar-refractivity contribution in [3.63, 3.8) is 0 Å². The SMILES string of the molecule is CN(O)C(=O)CCCCSCC[C@@H]1[C@H](COCC2CCCC2)[C@@H]2CC[C@H]1O2. The molecule has 2 aliphatic heterocycles. The maximum Gasteiger partial charge on any atom is 0.245 e. The number of hydrogen-bond acceptors (Lipinski definition) is 5. The predicted molar refractivity (Wildman–Crippen MR) is 108 cm³/mol. The van der Waals surface area contributed by atoms with Gasteiger partial charge in [-0.25, -0.2) is 5.06 Å². The number of nitrogens with zero attached hydrogens (tertiary/aromatic N) is 1. The number of unbranched alkanes of at least 4 members (excludes halogenated alkanes) is 1. The van der Waals surface area contributed by atoms with Crippen LogP contribution in [0.5, 0.6) is 0 Å². The zero-order valence-corrected chi connectivity index (χ0v) is 17.6. The molecular formula is C21H37NO4S. The lowest BCUT2D eigenvalue weighted by atomic mass is 9.78. The Balaban J connectivity index is 1.28. The molecule has 156 valence electrons. The van der Waals surface area contributed by atoms with Crippen molar-refractivity contribution in [2.45, 2.75) is 76.4 Å². The average molecular weight is 400 g/mol. The number of ether oxygens (including phenoxy) is 2. The van der Waals surface area contributed by atoms with E-state index in [0.29, 0.717) is 35.5 Å². The van der Waals surface area contributed by atoms with E-state index < -0.39 is 0 Å². The van der Waals surface area contributed by atoms with Crippen LogP contribution in [0, 0.1) is 17.8 Å². The standard InChI is InChI=1S/C21H37NO4S/c1-22(24)21(23)8-4-5-12-27-13-11-17-18(20-10-9-19(17)26-20)15-25-14-16-6-2-3-7-16/h16-20,24H,2-15H2,1H3/t17-,18+,19-,20+/m1/s1. The van der Waals surface area contributed by atoms with Gasteiger partial charge in [0.15, 0.2) is 0 Å². The first kappa shape index (κ1) is 21.4. The molecule has 2 bridgehead atoms. The molecule has 0 aromatic rings. The quantitative estimate of drug-likeness (QED) is 0.304. The third-order valence-corrected chi connectivity index (χ3v) is 7.72. The van der Waals surface area contributed by atoms with Gasteiger partial charge in [-0.1, -0.05) is 12.8 Å². The first-order valence-corrected chi connectivity index (χ1v) is 12.1. The normalized spacial score (nSPS) is 30.3. The van der Waals surface area contributed by atoms with E-state index in [1.165, 1.54) is 57.7 Å². The summed E-state index contributed by atoms with van der Waals surface area (Å²) < 4.78 is 12.4. The van der Waals surface area contributed by atoms with Crippen LogP contribution >= 0.6 is 11.8 Å². The Kier molecular flexibility index (Phi) is 8.75. The highest BCUT2D eigenvalue weighted by molar-refractivity contribution is 7.99. The predicted octanol–water partition coefficient (Wildman–Crippen LogP) is 4.13. The van der Waals surface area contributed by atoms with Gasteiger partial charge in [0.05, 0.1) is 18.8 Å². The van der Waals surface area contributed by atoms with E-state index >= 15 is 0 Å². The molecule has 3 aliphatic rings. The first-order chi connectivity index (χ1) is 13.1. The Hall–Kier alpha value is -0.300. The molecule has 3 rings (SSSR count). The molecule has 1 amide bonds. The van der Waals surface area contributed by atoms with Crippen molar-refractivity contribution < 1.29 is 19.5 Å². The van der Waals surface area contributed by atoms with Gasteiger partial charge in [0.2, 0.25) is 5.91 Å². The van der Waals surface area contributed by atoms with Crippen LogP contribution < -0.4 is 0 Å². The van der Waals surface area contributed by atoms with Crippen molar-refractivity contribution in [1.29, 1.82) is 0 Å². The van der Waals surface area contributed by atoms with Gasteiger partial charge < -0.3 is 9.47 Å². The Bertz CT molecular complexity index is 455. The van der Waals surface area contributed by atoms with Gasteiger partial charge in [0.1, 0.15) is 0 Å². The molecule has 2 heterocycles. The molecule has 1 N–H and O–H groups in total. The fraction of sp³-hybridized carbons (Fsp3) is 0.952. The second-order valence-electron chi connectivity index (χ2n) is 8.58. The van der Waals surface area contributed by atoms with Crippen molar-refractivity contribution in [3.05, 3.63) is 0 Å². The Morgan fingerprint density at radius 2 is 1.81 bits per heavy atom. The van der Waals surface area contributed by atoms with E-state index in [1.54, 1.807) is 0 Å². The van der Waals surface area contributed by atoms with E-state index in [9.17, 15) is 4.79 Å². The van der Waals surface area contributed by atoms with Crippen molar-refractivity contribution >= 4 is 17.7 Å². The molecule has 3 fully saturated rings. The van der Waals surface area contributed by atoms with E-state index in [4.69, 9.17) is 14.7 Å². The zero-order chi connectivity index (χ0) is 19.1. The van der Waals surface area contributed by atoms with Crippen LogP contribution in [0.4, 0.5) is 0 Å². The van der Waals surface area contributed by atoms with Crippen LogP contribution in [0.2, 0.25) is 0 Å². The van der Waals surface area contributed by atoms with Crippen molar-refractivity contribution in [2.24, 2.45) is 17.8 Å². The summed E-state index contributed by atoms with van der Waals surface area (Å²) in [7, 11) is 1.39. The maximum atomic E-state index is 11.3. The maximum absolute atomic E-state index is 11.3. The van der Waals surface area contributed by atoms with Crippen molar-refractivity contribution in [1.82, 2.24) is 5.06 Å². The van der Waals surface area contributed by atoms with Crippen LogP contribution in [0.25, 0.3) is 0 Å². The number of hydroxylamine groups is 2. The third-order valence-electron chi connectivity index (χ3n) is 6.61. The number of fused-ring (bicyclic) bond motifs is 2. The van der Waals surface area contributed by atoms with Gasteiger partial charge in [0, 0.05) is 26.0 Å². The monoisotopic (exact) mass is 399 g/mol. The van der Waals surface area contributed by atoms with Crippen LogP contribution in [0.1, 0.15) is 64.2 Å². The Labute approximate surface area is 168 Å². The number of amides is 1. The van der Waals surface area contributed by atoms with Gasteiger partial charge in [-0.05, 0) is 68.3 Å². The topological polar surface area (TPSA) is 59.0 Å². The van der Waals surface area contributed by atoms with Crippen LogP contribution in [-0.4, -0.2) is 60.2 Å². The second-order valence-corrected chi connectivity index (χ2v) is 9.81. The molecule has 0 radical (unpaired) electrons. The Morgan fingerprint density at radius 3 is 2.56 bits per heavy atom. The molecule has 5 nitrogen and oxygen atoms in total. The Morgan fingerprint density at radius 1 is 1.07 bits per heavy atom. The minimum Gasteiger partial charge on any atom is -0.381 e. The van der Waals surface area contributed by atoms with E-state index in [1.807, 2.05) is 11.8 Å². The molecule has 4 atom stereocenters. The molecule has 27 heavy (non-hydrogen) atoms. The fourth-order valence-electron chi connectivity index (χ4n) is 5.01. The van der Waals surface area contributed by atoms with Gasteiger partial charge >= 0.3 is 0 Å². The lowest BCUT2D eigenvalue weighted by Gasteiger charge is -2.28. The van der Waals surface area contributed by atoms with Gasteiger partial charge in [0.25, 0.3) is 0 Å². The number of rotatable bonds is 12. The zero-order valence-electron chi connectivity index (χ0n) is 16.8. The number of thioether (sulfide) groups is 1. The summed E-state index contributed by atoms with van der Waals surface area (Å²) >= 11 is 1.99. The summed E-state index contributed by atoms with van der Waals surface area (Å²) in [6.45, 7) is 1.85. The third kappa shape index (κ3) is 6.34.